The third-order valence-corrected chi connectivity index (χ3v) is 4.94. The molecule has 4 heteroatoms. The van der Waals surface area contributed by atoms with E-state index in [0.29, 0.717) is 12.3 Å². The molecule has 2 atom stereocenters. The number of carbonyl (C=O) groups excluding carboxylic acids is 1. The van der Waals surface area contributed by atoms with Crippen LogP contribution in [0.15, 0.2) is 0 Å². The molecule has 2 fully saturated rings. The maximum absolute atomic E-state index is 11.9. The van der Waals surface area contributed by atoms with Gasteiger partial charge in [-0.15, -0.1) is 0 Å². The first-order valence-corrected chi connectivity index (χ1v) is 7.96. The van der Waals surface area contributed by atoms with Crippen LogP contribution in [0.2, 0.25) is 0 Å². The molecule has 0 aromatic heterocycles. The average Bonchev–Trinajstić information content (AvgIpc) is 2.33. The lowest BCUT2D eigenvalue weighted by Crippen LogP contribution is -2.45. The Kier molecular flexibility index (Phi) is 5.16. The van der Waals surface area contributed by atoms with Crippen LogP contribution < -0.4 is 5.32 Å². The summed E-state index contributed by atoms with van der Waals surface area (Å²) in [7, 11) is 0. The van der Waals surface area contributed by atoms with Crippen LogP contribution in [-0.2, 0) is 4.79 Å². The van der Waals surface area contributed by atoms with Gasteiger partial charge in [-0.25, -0.2) is 0 Å². The Morgan fingerprint density at radius 3 is 2.59 bits per heavy atom. The van der Waals surface area contributed by atoms with Gasteiger partial charge in [-0.05, 0) is 43.1 Å². The molecule has 0 aromatic rings. The summed E-state index contributed by atoms with van der Waals surface area (Å²) >= 11 is 1.99. The van der Waals surface area contributed by atoms with Crippen LogP contribution in [0.25, 0.3) is 0 Å². The molecule has 0 aromatic carbocycles. The van der Waals surface area contributed by atoms with Gasteiger partial charge in [-0.3, -0.25) is 4.79 Å². The van der Waals surface area contributed by atoms with E-state index in [2.05, 4.69) is 5.32 Å². The number of amides is 1. The van der Waals surface area contributed by atoms with Gasteiger partial charge in [0.1, 0.15) is 0 Å². The summed E-state index contributed by atoms with van der Waals surface area (Å²) in [6.45, 7) is 0. The standard InChI is InChI=1S/C13H23NO2S/c15-12-4-2-1-3-11(12)14-13(16)9-10-5-7-17-8-6-10/h10-12,15H,1-9H2,(H,14,16)/t11-,12-/m0/s1. The van der Waals surface area contributed by atoms with Crippen LogP contribution in [-0.4, -0.2) is 34.7 Å². The Balaban J connectivity index is 1.72. The maximum atomic E-state index is 11.9. The van der Waals surface area contributed by atoms with Gasteiger partial charge in [0.05, 0.1) is 12.1 Å². The van der Waals surface area contributed by atoms with Crippen LogP contribution in [0, 0.1) is 5.92 Å². The molecule has 98 valence electrons. The Morgan fingerprint density at radius 2 is 1.88 bits per heavy atom. The molecule has 1 saturated heterocycles. The third-order valence-electron chi connectivity index (χ3n) is 3.89. The minimum Gasteiger partial charge on any atom is -0.391 e. The molecular weight excluding hydrogens is 234 g/mol. The SMILES string of the molecule is O=C(CC1CCSCC1)N[C@H]1CCCC[C@@H]1O. The highest BCUT2D eigenvalue weighted by molar-refractivity contribution is 7.99. The Morgan fingerprint density at radius 1 is 1.18 bits per heavy atom. The van der Waals surface area contributed by atoms with Crippen molar-refractivity contribution in [1.29, 1.82) is 0 Å². The van der Waals surface area contributed by atoms with Gasteiger partial charge in [0.25, 0.3) is 0 Å². The van der Waals surface area contributed by atoms with Crippen molar-refractivity contribution in [2.75, 3.05) is 11.5 Å². The third kappa shape index (κ3) is 4.18. The number of carbonyl (C=O) groups is 1. The first-order valence-electron chi connectivity index (χ1n) is 6.81. The maximum Gasteiger partial charge on any atom is 0.220 e. The number of hydrogen-bond donors (Lipinski definition) is 2. The van der Waals surface area contributed by atoms with E-state index >= 15 is 0 Å². The molecule has 0 unspecified atom stereocenters. The van der Waals surface area contributed by atoms with Gasteiger partial charge < -0.3 is 10.4 Å². The molecule has 1 aliphatic heterocycles. The van der Waals surface area contributed by atoms with E-state index in [0.717, 1.165) is 25.7 Å². The number of rotatable bonds is 3. The number of aliphatic hydroxyl groups excluding tert-OH is 1. The molecule has 2 rings (SSSR count). The van der Waals surface area contributed by atoms with Gasteiger partial charge in [0.2, 0.25) is 5.91 Å². The van der Waals surface area contributed by atoms with E-state index in [9.17, 15) is 9.90 Å². The van der Waals surface area contributed by atoms with E-state index in [4.69, 9.17) is 0 Å². The molecule has 0 bridgehead atoms. The summed E-state index contributed by atoms with van der Waals surface area (Å²) in [6.07, 6.45) is 6.67. The van der Waals surface area contributed by atoms with E-state index in [1.54, 1.807) is 0 Å². The molecule has 2 N–H and O–H groups in total. The molecule has 17 heavy (non-hydrogen) atoms. The van der Waals surface area contributed by atoms with Crippen molar-refractivity contribution < 1.29 is 9.90 Å². The fraction of sp³-hybridized carbons (Fsp3) is 0.923. The highest BCUT2D eigenvalue weighted by Crippen LogP contribution is 2.25. The van der Waals surface area contributed by atoms with Crippen LogP contribution >= 0.6 is 11.8 Å². The molecule has 1 aliphatic carbocycles. The molecule has 2 aliphatic rings. The highest BCUT2D eigenvalue weighted by atomic mass is 32.2. The van der Waals surface area contributed by atoms with E-state index in [-0.39, 0.29) is 18.1 Å². The van der Waals surface area contributed by atoms with E-state index in [1.165, 1.54) is 24.3 Å². The molecule has 1 saturated carbocycles. The number of thioether (sulfide) groups is 1. The summed E-state index contributed by atoms with van der Waals surface area (Å²) in [4.78, 5) is 11.9. The summed E-state index contributed by atoms with van der Waals surface area (Å²) in [6, 6.07) is 0.00853. The van der Waals surface area contributed by atoms with Crippen molar-refractivity contribution in [1.82, 2.24) is 5.32 Å². The van der Waals surface area contributed by atoms with Gasteiger partial charge in [0.15, 0.2) is 0 Å². The fourth-order valence-corrected chi connectivity index (χ4v) is 3.96. The van der Waals surface area contributed by atoms with Gasteiger partial charge in [-0.2, -0.15) is 11.8 Å². The minimum atomic E-state index is -0.324. The molecule has 1 amide bonds. The molecular formula is C13H23NO2S. The predicted octanol–water partition coefficient (Wildman–Crippen LogP) is 1.94. The number of nitrogens with one attached hydrogen (secondary N) is 1. The lowest BCUT2D eigenvalue weighted by molar-refractivity contribution is -0.124. The first kappa shape index (κ1) is 13.2. The number of aliphatic hydroxyl groups is 1. The molecule has 1 heterocycles. The summed E-state index contributed by atoms with van der Waals surface area (Å²) in [5.74, 6) is 3.11. The van der Waals surface area contributed by atoms with E-state index < -0.39 is 0 Å². The van der Waals surface area contributed by atoms with Gasteiger partial charge in [0, 0.05) is 6.42 Å². The quantitative estimate of drug-likeness (QED) is 0.812. The van der Waals surface area contributed by atoms with Crippen molar-refractivity contribution in [2.45, 2.75) is 57.1 Å². The Labute approximate surface area is 108 Å². The minimum absolute atomic E-state index is 0.00853. The summed E-state index contributed by atoms with van der Waals surface area (Å²) in [5, 5.41) is 12.8. The second-order valence-electron chi connectivity index (χ2n) is 5.29. The van der Waals surface area contributed by atoms with Crippen LogP contribution in [0.5, 0.6) is 0 Å². The lowest BCUT2D eigenvalue weighted by atomic mass is 9.92. The second kappa shape index (κ2) is 6.64. The van der Waals surface area contributed by atoms with Crippen molar-refractivity contribution in [3.8, 4) is 0 Å². The first-order chi connectivity index (χ1) is 8.25. The van der Waals surface area contributed by atoms with Crippen molar-refractivity contribution >= 4 is 17.7 Å². The van der Waals surface area contributed by atoms with Crippen LogP contribution in [0.4, 0.5) is 0 Å². The monoisotopic (exact) mass is 257 g/mol. The smallest absolute Gasteiger partial charge is 0.220 e. The average molecular weight is 257 g/mol. The van der Waals surface area contributed by atoms with Gasteiger partial charge >= 0.3 is 0 Å². The zero-order valence-electron chi connectivity index (χ0n) is 10.4. The van der Waals surface area contributed by atoms with Crippen molar-refractivity contribution in [3.63, 3.8) is 0 Å². The summed E-state index contributed by atoms with van der Waals surface area (Å²) < 4.78 is 0. The topological polar surface area (TPSA) is 49.3 Å². The predicted molar refractivity (Wildman–Crippen MR) is 71.1 cm³/mol. The lowest BCUT2D eigenvalue weighted by Gasteiger charge is -2.29. The van der Waals surface area contributed by atoms with Crippen molar-refractivity contribution in [3.05, 3.63) is 0 Å². The summed E-state index contributed by atoms with van der Waals surface area (Å²) in [5.41, 5.74) is 0. The second-order valence-corrected chi connectivity index (χ2v) is 6.51. The molecule has 0 spiro atoms. The highest BCUT2D eigenvalue weighted by Gasteiger charge is 2.25. The fourth-order valence-electron chi connectivity index (χ4n) is 2.76. The zero-order chi connectivity index (χ0) is 12.1. The van der Waals surface area contributed by atoms with Crippen molar-refractivity contribution in [2.24, 2.45) is 5.92 Å². The Bertz CT molecular complexity index is 254. The number of hydrogen-bond acceptors (Lipinski definition) is 3. The van der Waals surface area contributed by atoms with Crippen LogP contribution in [0.1, 0.15) is 44.9 Å². The van der Waals surface area contributed by atoms with E-state index in [1.807, 2.05) is 11.8 Å². The normalized spacial score (nSPS) is 31.1. The van der Waals surface area contributed by atoms with Gasteiger partial charge in [-0.1, -0.05) is 12.8 Å². The zero-order valence-corrected chi connectivity index (χ0v) is 11.2. The van der Waals surface area contributed by atoms with Crippen LogP contribution in [0.3, 0.4) is 0 Å². The molecule has 0 radical (unpaired) electrons. The largest absolute Gasteiger partial charge is 0.391 e. The molecule has 3 nitrogen and oxygen atoms in total. The Hall–Kier alpha value is -0.220.